The summed E-state index contributed by atoms with van der Waals surface area (Å²) in [6.07, 6.45) is 4.34. The van der Waals surface area contributed by atoms with Crippen molar-refractivity contribution in [1.82, 2.24) is 10.6 Å². The standard InChI is InChI=1S/C10H22N2/c1-3-11-8-9(2)12-7-6-10-4-5-10/h9-12H,3-8H2,1-2H3. The summed E-state index contributed by atoms with van der Waals surface area (Å²) in [5.41, 5.74) is 0. The zero-order valence-corrected chi connectivity index (χ0v) is 8.40. The Morgan fingerprint density at radius 3 is 2.75 bits per heavy atom. The molecule has 0 saturated heterocycles. The molecule has 0 heterocycles. The highest BCUT2D eigenvalue weighted by molar-refractivity contribution is 4.74. The monoisotopic (exact) mass is 170 g/mol. The second-order valence-corrected chi connectivity index (χ2v) is 3.89. The van der Waals surface area contributed by atoms with Crippen molar-refractivity contribution in [3.63, 3.8) is 0 Å². The zero-order chi connectivity index (χ0) is 8.81. The summed E-state index contributed by atoms with van der Waals surface area (Å²) < 4.78 is 0. The van der Waals surface area contributed by atoms with Crippen molar-refractivity contribution in [2.75, 3.05) is 19.6 Å². The predicted octanol–water partition coefficient (Wildman–Crippen LogP) is 1.37. The molecule has 1 aliphatic carbocycles. The molecule has 0 radical (unpaired) electrons. The molecule has 0 amide bonds. The van der Waals surface area contributed by atoms with E-state index in [1.807, 2.05) is 0 Å². The van der Waals surface area contributed by atoms with Gasteiger partial charge in [-0.2, -0.15) is 0 Å². The first-order valence-corrected chi connectivity index (χ1v) is 5.27. The van der Waals surface area contributed by atoms with Crippen LogP contribution in [-0.2, 0) is 0 Å². The quantitative estimate of drug-likeness (QED) is 0.603. The molecule has 1 fully saturated rings. The average molecular weight is 170 g/mol. The fourth-order valence-corrected chi connectivity index (χ4v) is 1.37. The van der Waals surface area contributed by atoms with Crippen LogP contribution in [0.15, 0.2) is 0 Å². The van der Waals surface area contributed by atoms with Crippen LogP contribution in [0.1, 0.15) is 33.1 Å². The van der Waals surface area contributed by atoms with Crippen molar-refractivity contribution in [1.29, 1.82) is 0 Å². The maximum absolute atomic E-state index is 3.53. The Hall–Kier alpha value is -0.0800. The topological polar surface area (TPSA) is 24.1 Å². The van der Waals surface area contributed by atoms with Gasteiger partial charge in [0.25, 0.3) is 0 Å². The SMILES string of the molecule is CCNCC(C)NCCC1CC1. The summed E-state index contributed by atoms with van der Waals surface area (Å²) in [5, 5.41) is 6.87. The van der Waals surface area contributed by atoms with E-state index in [1.54, 1.807) is 0 Å². The van der Waals surface area contributed by atoms with E-state index in [1.165, 1.54) is 25.8 Å². The molecule has 0 aromatic heterocycles. The van der Waals surface area contributed by atoms with E-state index in [9.17, 15) is 0 Å². The van der Waals surface area contributed by atoms with E-state index < -0.39 is 0 Å². The molecule has 0 aromatic rings. The van der Waals surface area contributed by atoms with E-state index in [4.69, 9.17) is 0 Å². The van der Waals surface area contributed by atoms with Crippen LogP contribution < -0.4 is 10.6 Å². The van der Waals surface area contributed by atoms with Gasteiger partial charge in [0.05, 0.1) is 0 Å². The lowest BCUT2D eigenvalue weighted by atomic mass is 10.2. The van der Waals surface area contributed by atoms with Crippen LogP contribution in [0.25, 0.3) is 0 Å². The molecule has 1 atom stereocenters. The highest BCUT2D eigenvalue weighted by Gasteiger charge is 2.20. The van der Waals surface area contributed by atoms with Gasteiger partial charge in [-0.05, 0) is 32.4 Å². The van der Waals surface area contributed by atoms with E-state index in [0.717, 1.165) is 19.0 Å². The first kappa shape index (κ1) is 10.0. The third-order valence-electron chi connectivity index (χ3n) is 2.44. The highest BCUT2D eigenvalue weighted by atomic mass is 15.0. The third-order valence-corrected chi connectivity index (χ3v) is 2.44. The molecule has 2 heteroatoms. The van der Waals surface area contributed by atoms with Crippen LogP contribution in [0.2, 0.25) is 0 Å². The van der Waals surface area contributed by atoms with Crippen molar-refractivity contribution >= 4 is 0 Å². The van der Waals surface area contributed by atoms with Crippen LogP contribution in [0.5, 0.6) is 0 Å². The molecule has 72 valence electrons. The van der Waals surface area contributed by atoms with Gasteiger partial charge in [-0.25, -0.2) is 0 Å². The van der Waals surface area contributed by atoms with E-state index in [-0.39, 0.29) is 0 Å². The molecular formula is C10H22N2. The fraction of sp³-hybridized carbons (Fsp3) is 1.00. The van der Waals surface area contributed by atoms with Gasteiger partial charge >= 0.3 is 0 Å². The smallest absolute Gasteiger partial charge is 0.0164 e. The Bertz CT molecular complexity index is 110. The molecule has 1 aliphatic rings. The summed E-state index contributed by atoms with van der Waals surface area (Å²) in [6.45, 7) is 7.78. The van der Waals surface area contributed by atoms with Crippen LogP contribution in [0.3, 0.4) is 0 Å². The summed E-state index contributed by atoms with van der Waals surface area (Å²) in [5.74, 6) is 1.06. The van der Waals surface area contributed by atoms with E-state index >= 15 is 0 Å². The van der Waals surface area contributed by atoms with Gasteiger partial charge in [0, 0.05) is 12.6 Å². The lowest BCUT2D eigenvalue weighted by Gasteiger charge is -2.13. The van der Waals surface area contributed by atoms with E-state index in [0.29, 0.717) is 6.04 Å². The minimum absolute atomic E-state index is 0.628. The van der Waals surface area contributed by atoms with Crippen LogP contribution in [-0.4, -0.2) is 25.7 Å². The summed E-state index contributed by atoms with van der Waals surface area (Å²) >= 11 is 0. The maximum Gasteiger partial charge on any atom is 0.0164 e. The Balaban J connectivity index is 1.83. The van der Waals surface area contributed by atoms with Gasteiger partial charge < -0.3 is 10.6 Å². The van der Waals surface area contributed by atoms with Gasteiger partial charge in [0.1, 0.15) is 0 Å². The van der Waals surface area contributed by atoms with Gasteiger partial charge in [-0.1, -0.05) is 19.8 Å². The number of rotatable bonds is 7. The molecule has 2 nitrogen and oxygen atoms in total. The van der Waals surface area contributed by atoms with Gasteiger partial charge in [-0.15, -0.1) is 0 Å². The molecule has 0 aliphatic heterocycles. The number of nitrogens with one attached hydrogen (secondary N) is 2. The normalized spacial score (nSPS) is 19.5. The molecule has 2 N–H and O–H groups in total. The maximum atomic E-state index is 3.53. The largest absolute Gasteiger partial charge is 0.315 e. The lowest BCUT2D eigenvalue weighted by molar-refractivity contribution is 0.493. The molecule has 1 saturated carbocycles. The Kier molecular flexibility index (Phi) is 4.62. The molecule has 1 rings (SSSR count). The number of hydrogen-bond acceptors (Lipinski definition) is 2. The second kappa shape index (κ2) is 5.55. The van der Waals surface area contributed by atoms with Crippen molar-refractivity contribution in [3.8, 4) is 0 Å². The van der Waals surface area contributed by atoms with Crippen molar-refractivity contribution in [2.24, 2.45) is 5.92 Å². The van der Waals surface area contributed by atoms with Crippen LogP contribution in [0, 0.1) is 5.92 Å². The first-order chi connectivity index (χ1) is 5.83. The fourth-order valence-electron chi connectivity index (χ4n) is 1.37. The van der Waals surface area contributed by atoms with Crippen molar-refractivity contribution in [2.45, 2.75) is 39.2 Å². The minimum Gasteiger partial charge on any atom is -0.315 e. The lowest BCUT2D eigenvalue weighted by Crippen LogP contribution is -2.36. The van der Waals surface area contributed by atoms with Crippen LogP contribution in [0.4, 0.5) is 0 Å². The van der Waals surface area contributed by atoms with Crippen LogP contribution >= 0.6 is 0 Å². The number of hydrogen-bond donors (Lipinski definition) is 2. The predicted molar refractivity (Wildman–Crippen MR) is 53.3 cm³/mol. The van der Waals surface area contributed by atoms with Crippen molar-refractivity contribution < 1.29 is 0 Å². The third kappa shape index (κ3) is 4.73. The van der Waals surface area contributed by atoms with Gasteiger partial charge in [0.2, 0.25) is 0 Å². The van der Waals surface area contributed by atoms with E-state index in [2.05, 4.69) is 24.5 Å². The number of likely N-dealkylation sites (N-methyl/N-ethyl adjacent to an activating group) is 1. The first-order valence-electron chi connectivity index (χ1n) is 5.27. The second-order valence-electron chi connectivity index (χ2n) is 3.89. The Morgan fingerprint density at radius 1 is 1.42 bits per heavy atom. The highest BCUT2D eigenvalue weighted by Crippen LogP contribution is 2.31. The van der Waals surface area contributed by atoms with Gasteiger partial charge in [-0.3, -0.25) is 0 Å². The zero-order valence-electron chi connectivity index (χ0n) is 8.40. The summed E-state index contributed by atoms with van der Waals surface area (Å²) in [6, 6.07) is 0.628. The summed E-state index contributed by atoms with van der Waals surface area (Å²) in [7, 11) is 0. The molecule has 12 heavy (non-hydrogen) atoms. The van der Waals surface area contributed by atoms with Gasteiger partial charge in [0.15, 0.2) is 0 Å². The molecule has 0 aromatic carbocycles. The molecule has 0 bridgehead atoms. The Labute approximate surface area is 76.1 Å². The molecule has 0 spiro atoms. The average Bonchev–Trinajstić information content (AvgIpc) is 2.84. The summed E-state index contributed by atoms with van der Waals surface area (Å²) in [4.78, 5) is 0. The minimum atomic E-state index is 0.628. The van der Waals surface area contributed by atoms with Crippen molar-refractivity contribution in [3.05, 3.63) is 0 Å². The molecular weight excluding hydrogens is 148 g/mol. The molecule has 1 unspecified atom stereocenters. The Morgan fingerprint density at radius 2 is 2.17 bits per heavy atom.